The zero-order valence-electron chi connectivity index (χ0n) is 21.2. The maximum Gasteiger partial charge on any atom is 0.414 e. The van der Waals surface area contributed by atoms with Crippen LogP contribution in [-0.2, 0) is 19.4 Å². The minimum atomic E-state index is -3.31. The summed E-state index contributed by atoms with van der Waals surface area (Å²) in [5.74, 6) is 0.307. The van der Waals surface area contributed by atoms with Crippen molar-refractivity contribution in [1.29, 1.82) is 0 Å². The highest BCUT2D eigenvalue weighted by Crippen LogP contribution is 2.34. The lowest BCUT2D eigenvalue weighted by Gasteiger charge is -2.42. The summed E-state index contributed by atoms with van der Waals surface area (Å²) in [6.45, 7) is 11.9. The maximum absolute atomic E-state index is 13.2. The molecule has 1 aromatic rings. The molecule has 1 atom stereocenters. The Balaban J connectivity index is 1.58. The molecule has 4 rings (SSSR count). The number of nitrogens with zero attached hydrogens (tertiary/aromatic N) is 2. The van der Waals surface area contributed by atoms with Crippen LogP contribution >= 0.6 is 0 Å². The third kappa shape index (κ3) is 5.91. The van der Waals surface area contributed by atoms with Gasteiger partial charge in [0.25, 0.3) is 0 Å². The molecule has 0 N–H and O–H groups in total. The normalized spacial score (nSPS) is 22.6. The molecule has 0 spiro atoms. The van der Waals surface area contributed by atoms with Gasteiger partial charge in [-0.25, -0.2) is 13.2 Å². The number of benzene rings is 1. The Morgan fingerprint density at radius 3 is 2.31 bits per heavy atom. The number of amides is 2. The molecule has 0 bridgehead atoms. The van der Waals surface area contributed by atoms with E-state index in [0.29, 0.717) is 27.4 Å². The lowest BCUT2D eigenvalue weighted by molar-refractivity contribution is -0.129. The van der Waals surface area contributed by atoms with Gasteiger partial charge in [0, 0.05) is 13.5 Å². The highest BCUT2D eigenvalue weighted by molar-refractivity contribution is 7.91. The van der Waals surface area contributed by atoms with E-state index in [1.165, 1.54) is 6.92 Å². The van der Waals surface area contributed by atoms with E-state index in [9.17, 15) is 18.0 Å². The van der Waals surface area contributed by atoms with Gasteiger partial charge in [-0.05, 0) is 80.7 Å². The first-order valence-electron chi connectivity index (χ1n) is 12.8. The molecule has 0 aromatic heterocycles. The summed E-state index contributed by atoms with van der Waals surface area (Å²) in [6, 6.07) is 6.40. The molecule has 194 valence electrons. The van der Waals surface area contributed by atoms with Gasteiger partial charge in [-0.1, -0.05) is 31.7 Å². The Morgan fingerprint density at radius 2 is 1.72 bits per heavy atom. The average Bonchev–Trinajstić information content (AvgIpc) is 3.64. The summed E-state index contributed by atoms with van der Waals surface area (Å²) in [5, 5.41) is 0. The zero-order valence-corrected chi connectivity index (χ0v) is 22.1. The highest BCUT2D eigenvalue weighted by atomic mass is 32.2. The molecule has 3 aliphatic rings. The number of hydrogen-bond donors (Lipinski definition) is 0. The van der Waals surface area contributed by atoms with Gasteiger partial charge in [-0.3, -0.25) is 9.69 Å². The highest BCUT2D eigenvalue weighted by Gasteiger charge is 2.37. The van der Waals surface area contributed by atoms with E-state index >= 15 is 0 Å². The lowest BCUT2D eigenvalue weighted by Crippen LogP contribution is -2.52. The molecule has 1 aliphatic heterocycles. The summed E-state index contributed by atoms with van der Waals surface area (Å²) in [5.41, 5.74) is 2.16. The largest absolute Gasteiger partial charge is 0.446 e. The Hall–Kier alpha value is -2.87. The van der Waals surface area contributed by atoms with Crippen LogP contribution in [0.25, 0.3) is 5.57 Å². The number of allylic oxidation sites excluding steroid dienone is 2. The second-order valence-electron chi connectivity index (χ2n) is 10.2. The molecule has 8 heteroatoms. The molecular weight excluding hydrogens is 476 g/mol. The summed E-state index contributed by atoms with van der Waals surface area (Å²) in [6.07, 6.45) is 8.09. The van der Waals surface area contributed by atoms with Gasteiger partial charge in [-0.15, -0.1) is 0 Å². The molecule has 36 heavy (non-hydrogen) atoms. The molecule has 3 fully saturated rings. The van der Waals surface area contributed by atoms with Crippen LogP contribution in [0.1, 0.15) is 64.4 Å². The van der Waals surface area contributed by atoms with E-state index < -0.39 is 15.9 Å². The number of hydrogen-bond acceptors (Lipinski definition) is 5. The lowest BCUT2D eigenvalue weighted by atomic mass is 9.98. The predicted octanol–water partition coefficient (Wildman–Crippen LogP) is 5.30. The average molecular weight is 513 g/mol. The number of rotatable bonds is 6. The molecule has 2 saturated carbocycles. The van der Waals surface area contributed by atoms with Crippen molar-refractivity contribution in [3.05, 3.63) is 60.5 Å². The van der Waals surface area contributed by atoms with Gasteiger partial charge in [0.15, 0.2) is 9.84 Å². The fourth-order valence-electron chi connectivity index (χ4n) is 5.03. The molecule has 0 radical (unpaired) electrons. The quantitative estimate of drug-likeness (QED) is 0.516. The second kappa shape index (κ2) is 10.6. The fraction of sp³-hybridized carbons (Fsp3) is 0.500. The third-order valence-corrected chi connectivity index (χ3v) is 9.09. The van der Waals surface area contributed by atoms with Crippen LogP contribution in [-0.4, -0.2) is 54.7 Å². The molecule has 1 saturated heterocycles. The van der Waals surface area contributed by atoms with E-state index in [1.807, 2.05) is 6.92 Å². The molecule has 1 unspecified atom stereocenters. The van der Waals surface area contributed by atoms with Crippen molar-refractivity contribution in [2.24, 2.45) is 5.92 Å². The van der Waals surface area contributed by atoms with Gasteiger partial charge in [0.1, 0.15) is 6.10 Å². The monoisotopic (exact) mass is 512 g/mol. The van der Waals surface area contributed by atoms with Gasteiger partial charge in [0.05, 0.1) is 28.1 Å². The van der Waals surface area contributed by atoms with Crippen LogP contribution in [0.5, 0.6) is 0 Å². The third-order valence-electron chi connectivity index (χ3n) is 7.19. The maximum atomic E-state index is 13.2. The first-order valence-corrected chi connectivity index (χ1v) is 14.4. The number of carbonyl (C=O) groups is 2. The van der Waals surface area contributed by atoms with Crippen molar-refractivity contribution in [2.45, 2.75) is 75.8 Å². The topological polar surface area (TPSA) is 84.0 Å². The Kier molecular flexibility index (Phi) is 7.73. The van der Waals surface area contributed by atoms with Crippen LogP contribution in [0.2, 0.25) is 0 Å². The van der Waals surface area contributed by atoms with Crippen molar-refractivity contribution in [3.8, 4) is 0 Å². The van der Waals surface area contributed by atoms with Crippen LogP contribution in [0, 0.1) is 5.92 Å². The van der Waals surface area contributed by atoms with Crippen LogP contribution < -0.4 is 0 Å². The van der Waals surface area contributed by atoms with E-state index in [-0.39, 0.29) is 36.3 Å². The summed E-state index contributed by atoms with van der Waals surface area (Å²) in [4.78, 5) is 29.0. The number of carbonyl (C=O) groups excluding carboxylic acids is 2. The minimum absolute atomic E-state index is 0.102. The van der Waals surface area contributed by atoms with E-state index in [2.05, 4.69) is 13.2 Å². The molecule has 7 nitrogen and oxygen atoms in total. The van der Waals surface area contributed by atoms with E-state index in [1.54, 1.807) is 40.1 Å². The molecule has 2 aliphatic carbocycles. The number of piperazine rings is 1. The first kappa shape index (κ1) is 26.2. The smallest absolute Gasteiger partial charge is 0.414 e. The summed E-state index contributed by atoms with van der Waals surface area (Å²) >= 11 is 0. The van der Waals surface area contributed by atoms with Gasteiger partial charge < -0.3 is 9.64 Å². The van der Waals surface area contributed by atoms with Gasteiger partial charge >= 0.3 is 6.09 Å². The molecule has 1 heterocycles. The number of sulfone groups is 1. The Bertz CT molecular complexity index is 1170. The van der Waals surface area contributed by atoms with Crippen molar-refractivity contribution >= 4 is 27.4 Å². The molecular formula is C28H36N2O5S. The van der Waals surface area contributed by atoms with Gasteiger partial charge in [0.2, 0.25) is 5.91 Å². The standard InChI is InChI=1S/C28H36N2O5S/c1-19(24-12-14-26(15-13-24)36(33,34)18-23-10-11-23)16-27-21(3)30(22(4)31)20(2)17-29(27)28(32)35-25-8-6-5-7-9-25/h12-16,20,23,25H,1,3,5-11,17-18H2,2,4H3/b27-16+. The SMILES string of the molecule is C=C(/C=C1\C(=C)N(C(C)=O)C(C)CN1C(=O)OC1CCCCC1)c1ccc(S(=O)(=O)CC2CC2)cc1. The molecule has 1 aromatic carbocycles. The Morgan fingerprint density at radius 1 is 1.08 bits per heavy atom. The van der Waals surface area contributed by atoms with Crippen molar-refractivity contribution in [3.63, 3.8) is 0 Å². The molecule has 2 amide bonds. The van der Waals surface area contributed by atoms with Crippen molar-refractivity contribution in [1.82, 2.24) is 9.80 Å². The Labute approximate surface area is 214 Å². The predicted molar refractivity (Wildman–Crippen MR) is 140 cm³/mol. The fourth-order valence-corrected chi connectivity index (χ4v) is 6.73. The summed E-state index contributed by atoms with van der Waals surface area (Å²) < 4.78 is 31.0. The minimum Gasteiger partial charge on any atom is -0.446 e. The van der Waals surface area contributed by atoms with Crippen LogP contribution in [0.4, 0.5) is 4.79 Å². The van der Waals surface area contributed by atoms with Gasteiger partial charge in [-0.2, -0.15) is 0 Å². The first-order chi connectivity index (χ1) is 17.1. The number of ether oxygens (including phenoxy) is 1. The summed E-state index contributed by atoms with van der Waals surface area (Å²) in [7, 11) is -3.31. The van der Waals surface area contributed by atoms with E-state index in [4.69, 9.17) is 4.74 Å². The second-order valence-corrected chi connectivity index (χ2v) is 12.3. The van der Waals surface area contributed by atoms with E-state index in [0.717, 1.165) is 44.9 Å². The van der Waals surface area contributed by atoms with Crippen molar-refractivity contribution in [2.75, 3.05) is 12.3 Å². The van der Waals surface area contributed by atoms with Crippen LogP contribution in [0.3, 0.4) is 0 Å². The van der Waals surface area contributed by atoms with Crippen LogP contribution in [0.15, 0.2) is 59.8 Å². The van der Waals surface area contributed by atoms with Crippen molar-refractivity contribution < 1.29 is 22.7 Å². The zero-order chi connectivity index (χ0) is 26.0.